The average molecular weight is 318 g/mol. The van der Waals surface area contributed by atoms with Gasteiger partial charge in [-0.1, -0.05) is 12.1 Å². The van der Waals surface area contributed by atoms with Crippen molar-refractivity contribution in [1.29, 1.82) is 0 Å². The third-order valence-electron chi connectivity index (χ3n) is 4.31. The van der Waals surface area contributed by atoms with Crippen LogP contribution < -0.4 is 15.4 Å². The lowest BCUT2D eigenvalue weighted by Crippen LogP contribution is -2.45. The summed E-state index contributed by atoms with van der Waals surface area (Å²) in [6.07, 6.45) is 2.68. The van der Waals surface area contributed by atoms with Crippen LogP contribution in [0.15, 0.2) is 29.3 Å². The number of aliphatic imine (C=N–C) groups is 1. The van der Waals surface area contributed by atoms with Crippen molar-refractivity contribution in [2.24, 2.45) is 4.99 Å². The van der Waals surface area contributed by atoms with E-state index in [1.807, 2.05) is 12.1 Å². The summed E-state index contributed by atoms with van der Waals surface area (Å²) in [6, 6.07) is 9.33. The molecule has 1 aromatic carbocycles. The summed E-state index contributed by atoms with van der Waals surface area (Å²) >= 11 is 0. The first-order valence-corrected chi connectivity index (χ1v) is 8.51. The Hall–Kier alpha value is -1.75. The highest BCUT2D eigenvalue weighted by Crippen LogP contribution is 2.26. The summed E-state index contributed by atoms with van der Waals surface area (Å²) in [5.41, 5.74) is 1.17. The molecule has 1 unspecified atom stereocenters. The lowest BCUT2D eigenvalue weighted by molar-refractivity contribution is 0.247. The van der Waals surface area contributed by atoms with Gasteiger partial charge >= 0.3 is 0 Å². The Morgan fingerprint density at radius 3 is 2.57 bits per heavy atom. The maximum Gasteiger partial charge on any atom is 0.191 e. The van der Waals surface area contributed by atoms with E-state index in [0.717, 1.165) is 30.8 Å². The molecule has 5 nitrogen and oxygen atoms in total. The monoisotopic (exact) mass is 318 g/mol. The van der Waals surface area contributed by atoms with Crippen LogP contribution in [0.25, 0.3) is 0 Å². The number of benzene rings is 1. The third-order valence-corrected chi connectivity index (χ3v) is 4.31. The second-order valence-corrected chi connectivity index (χ2v) is 6.17. The van der Waals surface area contributed by atoms with Gasteiger partial charge in [0.1, 0.15) is 5.75 Å². The van der Waals surface area contributed by atoms with E-state index in [2.05, 4.69) is 53.6 Å². The van der Waals surface area contributed by atoms with Crippen molar-refractivity contribution in [3.05, 3.63) is 29.8 Å². The number of hydrogen-bond acceptors (Lipinski definition) is 3. The van der Waals surface area contributed by atoms with Gasteiger partial charge in [0, 0.05) is 25.2 Å². The number of guanidine groups is 1. The van der Waals surface area contributed by atoms with Crippen molar-refractivity contribution in [2.45, 2.75) is 45.3 Å². The van der Waals surface area contributed by atoms with E-state index in [1.54, 1.807) is 7.11 Å². The summed E-state index contributed by atoms with van der Waals surface area (Å²) in [4.78, 5) is 7.12. The fourth-order valence-corrected chi connectivity index (χ4v) is 2.47. The summed E-state index contributed by atoms with van der Waals surface area (Å²) in [5.74, 6) is 1.75. The zero-order valence-electron chi connectivity index (χ0n) is 14.8. The molecule has 128 valence electrons. The van der Waals surface area contributed by atoms with E-state index >= 15 is 0 Å². The zero-order chi connectivity index (χ0) is 16.7. The third kappa shape index (κ3) is 5.75. The van der Waals surface area contributed by atoms with Crippen molar-refractivity contribution < 1.29 is 4.74 Å². The maximum absolute atomic E-state index is 5.18. The molecule has 0 spiro atoms. The smallest absolute Gasteiger partial charge is 0.191 e. The molecule has 0 radical (unpaired) electrons. The number of ether oxygens (including phenoxy) is 1. The molecular weight excluding hydrogens is 288 g/mol. The minimum absolute atomic E-state index is 0.507. The van der Waals surface area contributed by atoms with Crippen LogP contribution in [-0.4, -0.2) is 50.2 Å². The van der Waals surface area contributed by atoms with Crippen LogP contribution >= 0.6 is 0 Å². The number of rotatable bonds is 8. The van der Waals surface area contributed by atoms with Crippen LogP contribution in [-0.2, 0) is 6.54 Å². The van der Waals surface area contributed by atoms with Crippen LogP contribution in [0.1, 0.15) is 32.3 Å². The molecule has 0 amide bonds. The van der Waals surface area contributed by atoms with E-state index in [4.69, 9.17) is 4.74 Å². The Kier molecular flexibility index (Phi) is 6.71. The lowest BCUT2D eigenvalue weighted by atomic mass is 10.2. The molecule has 1 saturated carbocycles. The van der Waals surface area contributed by atoms with Crippen LogP contribution in [0.4, 0.5) is 0 Å². The van der Waals surface area contributed by atoms with Crippen LogP contribution in [0, 0.1) is 0 Å². The molecule has 0 saturated heterocycles. The molecule has 1 atom stereocenters. The van der Waals surface area contributed by atoms with E-state index in [-0.39, 0.29) is 0 Å². The highest BCUT2D eigenvalue weighted by Gasteiger charge is 2.28. The van der Waals surface area contributed by atoms with E-state index in [1.165, 1.54) is 18.4 Å². The van der Waals surface area contributed by atoms with Gasteiger partial charge in [-0.25, -0.2) is 4.99 Å². The first-order valence-electron chi connectivity index (χ1n) is 8.51. The quantitative estimate of drug-likeness (QED) is 0.570. The largest absolute Gasteiger partial charge is 0.497 e. The SMILES string of the molecule is CCNC(=NCc1ccc(OC)cc1)NCC(C)N(C)C1CC1. The van der Waals surface area contributed by atoms with Gasteiger partial charge in [-0.2, -0.15) is 0 Å². The molecule has 23 heavy (non-hydrogen) atoms. The van der Waals surface area contributed by atoms with E-state index in [9.17, 15) is 0 Å². The van der Waals surface area contributed by atoms with E-state index in [0.29, 0.717) is 12.6 Å². The summed E-state index contributed by atoms with van der Waals surface area (Å²) in [6.45, 7) is 6.78. The van der Waals surface area contributed by atoms with Gasteiger partial charge in [0.25, 0.3) is 0 Å². The summed E-state index contributed by atoms with van der Waals surface area (Å²) in [7, 11) is 3.89. The highest BCUT2D eigenvalue weighted by atomic mass is 16.5. The van der Waals surface area contributed by atoms with Gasteiger partial charge in [0.15, 0.2) is 5.96 Å². The second-order valence-electron chi connectivity index (χ2n) is 6.17. The number of methoxy groups -OCH3 is 1. The first-order chi connectivity index (χ1) is 11.1. The van der Waals surface area contributed by atoms with Gasteiger partial charge in [0.05, 0.1) is 13.7 Å². The van der Waals surface area contributed by atoms with Gasteiger partial charge in [-0.3, -0.25) is 4.90 Å². The molecular formula is C18H30N4O. The number of likely N-dealkylation sites (N-methyl/N-ethyl adjacent to an activating group) is 1. The predicted octanol–water partition coefficient (Wildman–Crippen LogP) is 2.23. The molecule has 0 heterocycles. The molecule has 2 N–H and O–H groups in total. The minimum atomic E-state index is 0.507. The fraction of sp³-hybridized carbons (Fsp3) is 0.611. The van der Waals surface area contributed by atoms with Gasteiger partial charge in [-0.15, -0.1) is 0 Å². The zero-order valence-corrected chi connectivity index (χ0v) is 14.8. The Labute approximate surface area is 140 Å². The molecule has 0 aliphatic heterocycles. The Balaban J connectivity index is 1.85. The molecule has 1 aliphatic carbocycles. The molecule has 1 aromatic rings. The van der Waals surface area contributed by atoms with Crippen molar-refractivity contribution in [3.8, 4) is 5.75 Å². The minimum Gasteiger partial charge on any atom is -0.497 e. The first kappa shape index (κ1) is 17.6. The summed E-state index contributed by atoms with van der Waals surface area (Å²) in [5, 5.41) is 6.76. The van der Waals surface area contributed by atoms with Crippen molar-refractivity contribution >= 4 is 5.96 Å². The Bertz CT molecular complexity index is 496. The Morgan fingerprint density at radius 2 is 2.00 bits per heavy atom. The standard InChI is InChI=1S/C18H30N4O/c1-5-19-18(20-12-14(2)22(3)16-8-9-16)21-13-15-6-10-17(23-4)11-7-15/h6-7,10-11,14,16H,5,8-9,12-13H2,1-4H3,(H2,19,20,21). The van der Waals surface area contributed by atoms with Crippen LogP contribution in [0.2, 0.25) is 0 Å². The summed E-state index contributed by atoms with van der Waals surface area (Å²) < 4.78 is 5.18. The molecule has 0 aromatic heterocycles. The molecule has 1 fully saturated rings. The molecule has 1 aliphatic rings. The predicted molar refractivity (Wildman–Crippen MR) is 96.1 cm³/mol. The molecule has 0 bridgehead atoms. The van der Waals surface area contributed by atoms with Gasteiger partial charge in [-0.05, 0) is 51.4 Å². The fourth-order valence-electron chi connectivity index (χ4n) is 2.47. The van der Waals surface area contributed by atoms with Crippen LogP contribution in [0.5, 0.6) is 5.75 Å². The topological polar surface area (TPSA) is 48.9 Å². The molecule has 5 heteroatoms. The number of hydrogen-bond donors (Lipinski definition) is 2. The molecule has 2 rings (SSSR count). The maximum atomic E-state index is 5.18. The van der Waals surface area contributed by atoms with Crippen molar-refractivity contribution in [3.63, 3.8) is 0 Å². The van der Waals surface area contributed by atoms with Gasteiger partial charge in [0.2, 0.25) is 0 Å². The number of nitrogens with one attached hydrogen (secondary N) is 2. The average Bonchev–Trinajstić information content (AvgIpc) is 3.41. The van der Waals surface area contributed by atoms with Gasteiger partial charge < -0.3 is 15.4 Å². The van der Waals surface area contributed by atoms with Crippen molar-refractivity contribution in [1.82, 2.24) is 15.5 Å². The van der Waals surface area contributed by atoms with E-state index < -0.39 is 0 Å². The highest BCUT2D eigenvalue weighted by molar-refractivity contribution is 5.79. The normalized spacial score (nSPS) is 16.3. The van der Waals surface area contributed by atoms with Crippen molar-refractivity contribution in [2.75, 3.05) is 27.2 Å². The van der Waals surface area contributed by atoms with Crippen LogP contribution in [0.3, 0.4) is 0 Å². The number of nitrogens with zero attached hydrogens (tertiary/aromatic N) is 2. The Morgan fingerprint density at radius 1 is 1.30 bits per heavy atom. The lowest BCUT2D eigenvalue weighted by Gasteiger charge is -2.25. The second kappa shape index (κ2) is 8.77.